The predicted molar refractivity (Wildman–Crippen MR) is 72.1 cm³/mol. The number of rotatable bonds is 7. The molecule has 1 aromatic heterocycles. The van der Waals surface area contributed by atoms with Gasteiger partial charge in [-0.05, 0) is 37.1 Å². The zero-order valence-corrected chi connectivity index (χ0v) is 11.1. The first-order chi connectivity index (χ1) is 9.29. The fourth-order valence-corrected chi connectivity index (χ4v) is 2.10. The number of benzene rings is 1. The van der Waals surface area contributed by atoms with Crippen LogP contribution in [0.5, 0.6) is 0 Å². The van der Waals surface area contributed by atoms with Gasteiger partial charge in [-0.2, -0.15) is 5.10 Å². The number of aromatic nitrogens is 3. The van der Waals surface area contributed by atoms with Crippen LogP contribution in [0.2, 0.25) is 0 Å². The van der Waals surface area contributed by atoms with Gasteiger partial charge in [0.1, 0.15) is 18.0 Å². The van der Waals surface area contributed by atoms with Crippen LogP contribution in [0, 0.1) is 5.82 Å². The maximum absolute atomic E-state index is 13.2. The Hall–Kier alpha value is -1.75. The van der Waals surface area contributed by atoms with Gasteiger partial charge in [0.2, 0.25) is 0 Å². The third-order valence-electron chi connectivity index (χ3n) is 3.11. The Morgan fingerprint density at radius 1 is 1.42 bits per heavy atom. The van der Waals surface area contributed by atoms with E-state index in [0.29, 0.717) is 0 Å². The first kappa shape index (κ1) is 13.7. The largest absolute Gasteiger partial charge is 0.310 e. The molecule has 2 aromatic rings. The molecule has 1 aromatic carbocycles. The van der Waals surface area contributed by atoms with Crippen molar-refractivity contribution in [3.8, 4) is 0 Å². The summed E-state index contributed by atoms with van der Waals surface area (Å²) in [6.07, 6.45) is 4.30. The van der Waals surface area contributed by atoms with Gasteiger partial charge in [-0.15, -0.1) is 0 Å². The molecule has 0 aliphatic rings. The Morgan fingerprint density at radius 2 is 2.32 bits per heavy atom. The van der Waals surface area contributed by atoms with Gasteiger partial charge in [-0.1, -0.05) is 19.1 Å². The van der Waals surface area contributed by atoms with Gasteiger partial charge in [-0.25, -0.2) is 9.37 Å². The van der Waals surface area contributed by atoms with Crippen molar-refractivity contribution in [2.45, 2.75) is 32.2 Å². The molecule has 0 saturated carbocycles. The molecule has 0 fully saturated rings. The average Bonchev–Trinajstić information content (AvgIpc) is 2.92. The van der Waals surface area contributed by atoms with Crippen LogP contribution in [0.3, 0.4) is 0 Å². The number of halogens is 1. The highest BCUT2D eigenvalue weighted by molar-refractivity contribution is 5.19. The molecule has 0 aliphatic heterocycles. The highest BCUT2D eigenvalue weighted by Crippen LogP contribution is 2.17. The second-order valence-corrected chi connectivity index (χ2v) is 4.51. The van der Waals surface area contributed by atoms with Gasteiger partial charge in [-0.3, -0.25) is 5.10 Å². The van der Waals surface area contributed by atoms with E-state index in [9.17, 15) is 4.39 Å². The number of nitrogens with zero attached hydrogens (tertiary/aromatic N) is 2. The zero-order chi connectivity index (χ0) is 13.5. The molecular weight excluding hydrogens is 243 g/mol. The number of hydrogen-bond donors (Lipinski definition) is 2. The Morgan fingerprint density at radius 3 is 3.00 bits per heavy atom. The van der Waals surface area contributed by atoms with E-state index in [1.54, 1.807) is 12.1 Å². The van der Waals surface area contributed by atoms with Gasteiger partial charge < -0.3 is 5.32 Å². The van der Waals surface area contributed by atoms with Crippen molar-refractivity contribution in [2.24, 2.45) is 0 Å². The first-order valence-corrected chi connectivity index (χ1v) is 6.62. The van der Waals surface area contributed by atoms with Gasteiger partial charge >= 0.3 is 0 Å². The van der Waals surface area contributed by atoms with E-state index < -0.39 is 0 Å². The summed E-state index contributed by atoms with van der Waals surface area (Å²) in [6, 6.07) is 6.98. The van der Waals surface area contributed by atoms with E-state index >= 15 is 0 Å². The molecule has 0 spiro atoms. The van der Waals surface area contributed by atoms with Gasteiger partial charge in [0, 0.05) is 12.5 Å². The van der Waals surface area contributed by atoms with E-state index in [1.165, 1.54) is 12.4 Å². The molecule has 102 valence electrons. The Labute approximate surface area is 112 Å². The second-order valence-electron chi connectivity index (χ2n) is 4.51. The van der Waals surface area contributed by atoms with Gasteiger partial charge in [0.05, 0.1) is 0 Å². The summed E-state index contributed by atoms with van der Waals surface area (Å²) >= 11 is 0. The van der Waals surface area contributed by atoms with Crippen LogP contribution in [0.25, 0.3) is 0 Å². The van der Waals surface area contributed by atoms with Crippen LogP contribution < -0.4 is 5.32 Å². The molecule has 0 radical (unpaired) electrons. The van der Waals surface area contributed by atoms with Crippen molar-refractivity contribution in [1.29, 1.82) is 0 Å². The Bertz CT molecular complexity index is 484. The molecule has 1 unspecified atom stereocenters. The van der Waals surface area contributed by atoms with E-state index in [1.807, 2.05) is 6.07 Å². The highest BCUT2D eigenvalue weighted by Gasteiger charge is 2.08. The predicted octanol–water partition coefficient (Wildman–Crippen LogP) is 2.62. The number of hydrogen-bond acceptors (Lipinski definition) is 3. The van der Waals surface area contributed by atoms with Gasteiger partial charge in [0.15, 0.2) is 0 Å². The third kappa shape index (κ3) is 4.13. The number of H-pyrrole nitrogens is 1. The zero-order valence-electron chi connectivity index (χ0n) is 11.1. The van der Waals surface area contributed by atoms with Crippen LogP contribution in [-0.2, 0) is 6.42 Å². The standard InChI is InChI=1S/C14H19FN4/c1-2-13(11-5-3-6-12(15)9-11)16-8-4-7-14-17-10-18-19-14/h3,5-6,9-10,13,16H,2,4,7-8H2,1H3,(H,17,18,19). The average molecular weight is 262 g/mol. The summed E-state index contributed by atoms with van der Waals surface area (Å²) in [6.45, 7) is 2.97. The summed E-state index contributed by atoms with van der Waals surface area (Å²) in [5, 5.41) is 10.1. The molecule has 0 aliphatic carbocycles. The van der Waals surface area contributed by atoms with Crippen molar-refractivity contribution >= 4 is 0 Å². The fourth-order valence-electron chi connectivity index (χ4n) is 2.10. The highest BCUT2D eigenvalue weighted by atomic mass is 19.1. The summed E-state index contributed by atoms with van der Waals surface area (Å²) in [5.74, 6) is 0.722. The molecule has 2 rings (SSSR count). The van der Waals surface area contributed by atoms with Crippen LogP contribution in [0.4, 0.5) is 4.39 Å². The van der Waals surface area contributed by atoms with Crippen molar-refractivity contribution in [1.82, 2.24) is 20.5 Å². The Kier molecular flexibility index (Phi) is 5.03. The molecule has 2 N–H and O–H groups in total. The summed E-state index contributed by atoms with van der Waals surface area (Å²) in [4.78, 5) is 4.08. The molecule has 0 bridgehead atoms. The SMILES string of the molecule is CCC(NCCCc1ncn[nH]1)c1cccc(F)c1. The summed E-state index contributed by atoms with van der Waals surface area (Å²) in [7, 11) is 0. The summed E-state index contributed by atoms with van der Waals surface area (Å²) < 4.78 is 13.2. The van der Waals surface area contributed by atoms with E-state index in [2.05, 4.69) is 27.4 Å². The van der Waals surface area contributed by atoms with Crippen LogP contribution in [0.1, 0.15) is 37.2 Å². The van der Waals surface area contributed by atoms with E-state index in [4.69, 9.17) is 0 Å². The maximum Gasteiger partial charge on any atom is 0.137 e. The minimum atomic E-state index is -0.181. The molecule has 0 amide bonds. The lowest BCUT2D eigenvalue weighted by molar-refractivity contribution is 0.504. The topological polar surface area (TPSA) is 53.6 Å². The maximum atomic E-state index is 13.2. The quantitative estimate of drug-likeness (QED) is 0.754. The smallest absolute Gasteiger partial charge is 0.137 e. The van der Waals surface area contributed by atoms with Crippen LogP contribution in [0.15, 0.2) is 30.6 Å². The molecule has 1 heterocycles. The lowest BCUT2D eigenvalue weighted by Gasteiger charge is -2.17. The molecule has 1 atom stereocenters. The number of aryl methyl sites for hydroxylation is 1. The molecular formula is C14H19FN4. The van der Waals surface area contributed by atoms with Crippen LogP contribution in [-0.4, -0.2) is 21.7 Å². The molecule has 5 heteroatoms. The minimum absolute atomic E-state index is 0.181. The lowest BCUT2D eigenvalue weighted by Crippen LogP contribution is -2.22. The van der Waals surface area contributed by atoms with Gasteiger partial charge in [0.25, 0.3) is 0 Å². The molecule has 0 saturated heterocycles. The van der Waals surface area contributed by atoms with Crippen molar-refractivity contribution < 1.29 is 4.39 Å². The van der Waals surface area contributed by atoms with E-state index in [0.717, 1.165) is 37.2 Å². The first-order valence-electron chi connectivity index (χ1n) is 6.62. The number of nitrogens with one attached hydrogen (secondary N) is 2. The monoisotopic (exact) mass is 262 g/mol. The normalized spacial score (nSPS) is 12.5. The van der Waals surface area contributed by atoms with Crippen molar-refractivity contribution in [2.75, 3.05) is 6.54 Å². The minimum Gasteiger partial charge on any atom is -0.310 e. The second kappa shape index (κ2) is 6.99. The van der Waals surface area contributed by atoms with Crippen molar-refractivity contribution in [3.63, 3.8) is 0 Å². The van der Waals surface area contributed by atoms with Crippen molar-refractivity contribution in [3.05, 3.63) is 47.8 Å². The molecule has 19 heavy (non-hydrogen) atoms. The third-order valence-corrected chi connectivity index (χ3v) is 3.11. The lowest BCUT2D eigenvalue weighted by atomic mass is 10.0. The summed E-state index contributed by atoms with van der Waals surface area (Å²) in [5.41, 5.74) is 1.00. The number of aromatic amines is 1. The molecule has 4 nitrogen and oxygen atoms in total. The fraction of sp³-hybridized carbons (Fsp3) is 0.429. The Balaban J connectivity index is 1.79. The van der Waals surface area contributed by atoms with Crippen LogP contribution >= 0.6 is 0 Å². The van der Waals surface area contributed by atoms with E-state index in [-0.39, 0.29) is 11.9 Å².